The summed E-state index contributed by atoms with van der Waals surface area (Å²) in [5.74, 6) is 2.03. The fraction of sp³-hybridized carbons (Fsp3) is 0.579. The van der Waals surface area contributed by atoms with Crippen LogP contribution in [0, 0.1) is 12.8 Å². The van der Waals surface area contributed by atoms with Crippen molar-refractivity contribution in [3.05, 3.63) is 23.3 Å². The first-order valence-electron chi connectivity index (χ1n) is 8.82. The highest BCUT2D eigenvalue weighted by molar-refractivity contribution is 5.82. The van der Waals surface area contributed by atoms with Crippen molar-refractivity contribution in [1.29, 1.82) is 0 Å². The van der Waals surface area contributed by atoms with Crippen LogP contribution in [0.1, 0.15) is 24.0 Å². The first-order valence-corrected chi connectivity index (χ1v) is 8.82. The van der Waals surface area contributed by atoms with Crippen LogP contribution in [0.2, 0.25) is 0 Å². The topological polar surface area (TPSA) is 59.1 Å². The monoisotopic (exact) mass is 346 g/mol. The minimum Gasteiger partial charge on any atom is -0.496 e. The van der Waals surface area contributed by atoms with Crippen LogP contribution in [0.25, 0.3) is 0 Å². The van der Waals surface area contributed by atoms with Gasteiger partial charge in [-0.3, -0.25) is 9.59 Å². The zero-order valence-electron chi connectivity index (χ0n) is 15.2. The number of ether oxygens (including phenoxy) is 2. The number of carbonyl (C=O) groups is 2. The number of nitrogens with zero attached hydrogens (tertiary/aromatic N) is 2. The number of methoxy groups -OCH3 is 2. The maximum atomic E-state index is 12.7. The van der Waals surface area contributed by atoms with E-state index in [2.05, 4.69) is 0 Å². The number of hydrogen-bond donors (Lipinski definition) is 0. The molecule has 0 aromatic heterocycles. The van der Waals surface area contributed by atoms with Gasteiger partial charge in [0, 0.05) is 43.2 Å². The number of rotatable bonds is 5. The molecule has 0 N–H and O–H groups in total. The Balaban J connectivity index is 1.61. The molecule has 1 heterocycles. The highest BCUT2D eigenvalue weighted by Crippen LogP contribution is 2.32. The molecular weight excluding hydrogens is 320 g/mol. The van der Waals surface area contributed by atoms with E-state index < -0.39 is 0 Å². The van der Waals surface area contributed by atoms with Crippen LogP contribution in [0.15, 0.2) is 12.1 Å². The maximum Gasteiger partial charge on any atom is 0.227 e. The summed E-state index contributed by atoms with van der Waals surface area (Å²) in [4.78, 5) is 28.5. The molecule has 6 nitrogen and oxygen atoms in total. The third kappa shape index (κ3) is 3.72. The van der Waals surface area contributed by atoms with E-state index in [1.54, 1.807) is 14.2 Å². The number of amides is 2. The molecule has 0 unspecified atom stereocenters. The van der Waals surface area contributed by atoms with E-state index in [4.69, 9.17) is 9.47 Å². The number of hydrogen-bond acceptors (Lipinski definition) is 4. The van der Waals surface area contributed by atoms with Crippen LogP contribution < -0.4 is 9.47 Å². The summed E-state index contributed by atoms with van der Waals surface area (Å²) in [5, 5.41) is 0. The van der Waals surface area contributed by atoms with Crippen LogP contribution in [0.4, 0.5) is 0 Å². The van der Waals surface area contributed by atoms with Crippen LogP contribution in [-0.4, -0.2) is 62.0 Å². The Labute approximate surface area is 148 Å². The molecule has 0 radical (unpaired) electrons. The van der Waals surface area contributed by atoms with E-state index in [9.17, 15) is 9.59 Å². The molecule has 2 aliphatic rings. The van der Waals surface area contributed by atoms with Crippen molar-refractivity contribution in [3.8, 4) is 11.5 Å². The lowest BCUT2D eigenvalue weighted by Gasteiger charge is -2.35. The van der Waals surface area contributed by atoms with Gasteiger partial charge in [-0.25, -0.2) is 0 Å². The van der Waals surface area contributed by atoms with Gasteiger partial charge in [0.15, 0.2) is 0 Å². The lowest BCUT2D eigenvalue weighted by molar-refractivity contribution is -0.140. The Kier molecular flexibility index (Phi) is 5.16. The highest BCUT2D eigenvalue weighted by atomic mass is 16.5. The molecule has 1 saturated heterocycles. The van der Waals surface area contributed by atoms with Gasteiger partial charge in [0.2, 0.25) is 11.8 Å². The zero-order chi connectivity index (χ0) is 18.0. The molecule has 1 aromatic rings. The van der Waals surface area contributed by atoms with Crippen molar-refractivity contribution in [1.82, 2.24) is 9.80 Å². The standard InChI is InChI=1S/C19H26N2O4/c1-13-16(24-2)7-6-15(18(13)25-3)12-17(22)20-8-10-21(11-9-20)19(23)14-4-5-14/h6-7,14H,4-5,8-12H2,1-3H3. The molecular formula is C19H26N2O4. The SMILES string of the molecule is COc1ccc(CC(=O)N2CCN(C(=O)C3CC3)CC2)c(OC)c1C. The maximum absolute atomic E-state index is 12.7. The summed E-state index contributed by atoms with van der Waals surface area (Å²) in [7, 11) is 3.23. The Hall–Kier alpha value is -2.24. The van der Waals surface area contributed by atoms with Gasteiger partial charge in [0.25, 0.3) is 0 Å². The average molecular weight is 346 g/mol. The molecule has 1 aliphatic heterocycles. The van der Waals surface area contributed by atoms with Gasteiger partial charge in [-0.05, 0) is 25.8 Å². The lowest BCUT2D eigenvalue weighted by Crippen LogP contribution is -2.51. The second kappa shape index (κ2) is 7.33. The summed E-state index contributed by atoms with van der Waals surface area (Å²) >= 11 is 0. The molecule has 136 valence electrons. The molecule has 0 spiro atoms. The van der Waals surface area contributed by atoms with E-state index in [0.717, 1.165) is 29.7 Å². The molecule has 25 heavy (non-hydrogen) atoms. The van der Waals surface area contributed by atoms with Gasteiger partial charge < -0.3 is 19.3 Å². The normalized spacial score (nSPS) is 17.4. The largest absolute Gasteiger partial charge is 0.496 e. The number of carbonyl (C=O) groups excluding carboxylic acids is 2. The smallest absolute Gasteiger partial charge is 0.227 e. The quantitative estimate of drug-likeness (QED) is 0.813. The lowest BCUT2D eigenvalue weighted by atomic mass is 10.0. The van der Waals surface area contributed by atoms with Crippen molar-refractivity contribution < 1.29 is 19.1 Å². The van der Waals surface area contributed by atoms with E-state index >= 15 is 0 Å². The first kappa shape index (κ1) is 17.6. The predicted molar refractivity (Wildman–Crippen MR) is 93.9 cm³/mol. The van der Waals surface area contributed by atoms with E-state index in [-0.39, 0.29) is 17.7 Å². The molecule has 2 amide bonds. The predicted octanol–water partition coefficient (Wildman–Crippen LogP) is 1.64. The zero-order valence-corrected chi connectivity index (χ0v) is 15.2. The van der Waals surface area contributed by atoms with E-state index in [1.807, 2.05) is 28.9 Å². The molecule has 0 atom stereocenters. The van der Waals surface area contributed by atoms with Crippen LogP contribution in [0.3, 0.4) is 0 Å². The first-order chi connectivity index (χ1) is 12.0. The minimum atomic E-state index is 0.0707. The van der Waals surface area contributed by atoms with Gasteiger partial charge in [0.05, 0.1) is 20.6 Å². The summed E-state index contributed by atoms with van der Waals surface area (Å²) in [6, 6.07) is 3.75. The van der Waals surface area contributed by atoms with Crippen LogP contribution in [-0.2, 0) is 16.0 Å². The Morgan fingerprint density at radius 2 is 1.68 bits per heavy atom. The van der Waals surface area contributed by atoms with Crippen molar-refractivity contribution in [2.24, 2.45) is 5.92 Å². The van der Waals surface area contributed by atoms with Gasteiger partial charge in [-0.2, -0.15) is 0 Å². The molecule has 0 bridgehead atoms. The third-order valence-electron chi connectivity index (χ3n) is 5.07. The summed E-state index contributed by atoms with van der Waals surface area (Å²) in [6.45, 7) is 4.41. The Bertz CT molecular complexity index is 662. The second-order valence-corrected chi connectivity index (χ2v) is 6.74. The summed E-state index contributed by atoms with van der Waals surface area (Å²) in [6.07, 6.45) is 2.34. The fourth-order valence-electron chi connectivity index (χ4n) is 3.41. The van der Waals surface area contributed by atoms with Gasteiger partial charge in [-0.1, -0.05) is 6.07 Å². The molecule has 6 heteroatoms. The summed E-state index contributed by atoms with van der Waals surface area (Å²) < 4.78 is 10.8. The van der Waals surface area contributed by atoms with E-state index in [1.165, 1.54) is 0 Å². The van der Waals surface area contributed by atoms with Gasteiger partial charge >= 0.3 is 0 Å². The number of benzene rings is 1. The molecule has 3 rings (SSSR count). The highest BCUT2D eigenvalue weighted by Gasteiger charge is 2.35. The molecule has 1 aliphatic carbocycles. The molecule has 2 fully saturated rings. The average Bonchev–Trinajstić information content (AvgIpc) is 3.47. The van der Waals surface area contributed by atoms with Crippen molar-refractivity contribution in [2.75, 3.05) is 40.4 Å². The Morgan fingerprint density at radius 1 is 1.04 bits per heavy atom. The molecule has 1 saturated carbocycles. The van der Waals surface area contributed by atoms with E-state index in [0.29, 0.717) is 38.3 Å². The number of piperazine rings is 1. The fourth-order valence-corrected chi connectivity index (χ4v) is 3.41. The van der Waals surface area contributed by atoms with Gasteiger partial charge in [0.1, 0.15) is 11.5 Å². The Morgan fingerprint density at radius 3 is 2.24 bits per heavy atom. The van der Waals surface area contributed by atoms with Crippen molar-refractivity contribution in [2.45, 2.75) is 26.2 Å². The minimum absolute atomic E-state index is 0.0707. The van der Waals surface area contributed by atoms with Crippen LogP contribution in [0.5, 0.6) is 11.5 Å². The van der Waals surface area contributed by atoms with Crippen molar-refractivity contribution >= 4 is 11.8 Å². The third-order valence-corrected chi connectivity index (χ3v) is 5.07. The summed E-state index contributed by atoms with van der Waals surface area (Å²) in [5.41, 5.74) is 1.76. The molecule has 1 aromatic carbocycles. The second-order valence-electron chi connectivity index (χ2n) is 6.74. The van der Waals surface area contributed by atoms with Crippen molar-refractivity contribution in [3.63, 3.8) is 0 Å². The van der Waals surface area contributed by atoms with Crippen LogP contribution >= 0.6 is 0 Å². The van der Waals surface area contributed by atoms with Gasteiger partial charge in [-0.15, -0.1) is 0 Å².